The highest BCUT2D eigenvalue weighted by molar-refractivity contribution is 7.09. The van der Waals surface area contributed by atoms with Gasteiger partial charge in [0.05, 0.1) is 11.6 Å². The van der Waals surface area contributed by atoms with Crippen LogP contribution in [-0.2, 0) is 6.54 Å². The summed E-state index contributed by atoms with van der Waals surface area (Å²) in [6.45, 7) is 2.68. The number of aromatic nitrogens is 1. The molecular weight excluding hydrogens is 268 g/mol. The number of halogens is 1. The lowest BCUT2D eigenvalue weighted by atomic mass is 10.0. The molecule has 1 aromatic heterocycles. The molecule has 3 nitrogen and oxygen atoms in total. The Morgan fingerprint density at radius 2 is 2.11 bits per heavy atom. The van der Waals surface area contributed by atoms with E-state index in [1.807, 2.05) is 25.3 Å². The highest BCUT2D eigenvalue weighted by Gasteiger charge is 2.15. The maximum Gasteiger partial charge on any atom is 0.0940 e. The largest absolute Gasteiger partial charge is 0.387 e. The van der Waals surface area contributed by atoms with Crippen LogP contribution in [-0.4, -0.2) is 16.1 Å². The first kappa shape index (κ1) is 13.5. The van der Waals surface area contributed by atoms with E-state index in [-0.39, 0.29) is 6.04 Å². The van der Waals surface area contributed by atoms with E-state index in [0.29, 0.717) is 5.02 Å². The molecule has 0 fully saturated rings. The van der Waals surface area contributed by atoms with Crippen LogP contribution in [0.4, 0.5) is 0 Å². The van der Waals surface area contributed by atoms with Gasteiger partial charge in [0.2, 0.25) is 0 Å². The number of aliphatic hydroxyl groups is 1. The lowest BCUT2D eigenvalue weighted by Gasteiger charge is -2.20. The molecule has 2 rings (SSSR count). The van der Waals surface area contributed by atoms with Crippen molar-refractivity contribution in [3.8, 4) is 0 Å². The molecule has 0 radical (unpaired) electrons. The van der Waals surface area contributed by atoms with Crippen molar-refractivity contribution >= 4 is 22.9 Å². The SMILES string of the molecule is CC(NCc1cncs1)C(O)c1ccc(Cl)cc1. The van der Waals surface area contributed by atoms with Gasteiger partial charge >= 0.3 is 0 Å². The third kappa shape index (κ3) is 3.53. The second-order valence-corrected chi connectivity index (χ2v) is 5.54. The molecule has 0 spiro atoms. The van der Waals surface area contributed by atoms with Crippen molar-refractivity contribution in [2.75, 3.05) is 0 Å². The Hall–Kier alpha value is -0.940. The van der Waals surface area contributed by atoms with Crippen molar-refractivity contribution in [1.82, 2.24) is 10.3 Å². The van der Waals surface area contributed by atoms with Gasteiger partial charge in [0.25, 0.3) is 0 Å². The third-order valence-electron chi connectivity index (χ3n) is 2.77. The smallest absolute Gasteiger partial charge is 0.0940 e. The van der Waals surface area contributed by atoms with E-state index in [4.69, 9.17) is 11.6 Å². The molecule has 2 aromatic rings. The van der Waals surface area contributed by atoms with Crippen molar-refractivity contribution in [1.29, 1.82) is 0 Å². The van der Waals surface area contributed by atoms with Crippen LogP contribution in [0.3, 0.4) is 0 Å². The number of rotatable bonds is 5. The average molecular weight is 283 g/mol. The van der Waals surface area contributed by atoms with Crippen LogP contribution in [0, 0.1) is 0 Å². The summed E-state index contributed by atoms with van der Waals surface area (Å²) >= 11 is 7.42. The van der Waals surface area contributed by atoms with Crippen LogP contribution in [0.1, 0.15) is 23.5 Å². The number of thiazole rings is 1. The maximum atomic E-state index is 10.2. The molecule has 2 unspecified atom stereocenters. The summed E-state index contributed by atoms with van der Waals surface area (Å²) in [4.78, 5) is 5.17. The van der Waals surface area contributed by atoms with E-state index < -0.39 is 6.10 Å². The predicted octanol–water partition coefficient (Wildman–Crippen LogP) is 3.01. The highest BCUT2D eigenvalue weighted by atomic mass is 35.5. The molecule has 5 heteroatoms. The van der Waals surface area contributed by atoms with Gasteiger partial charge in [0, 0.05) is 28.7 Å². The average Bonchev–Trinajstić information content (AvgIpc) is 2.89. The predicted molar refractivity (Wildman–Crippen MR) is 74.8 cm³/mol. The van der Waals surface area contributed by atoms with E-state index in [1.165, 1.54) is 0 Å². The second kappa shape index (κ2) is 6.29. The molecule has 0 saturated carbocycles. The zero-order valence-electron chi connectivity index (χ0n) is 10.0. The van der Waals surface area contributed by atoms with Crippen molar-refractivity contribution in [2.45, 2.75) is 25.6 Å². The molecule has 18 heavy (non-hydrogen) atoms. The van der Waals surface area contributed by atoms with Gasteiger partial charge in [-0.2, -0.15) is 0 Å². The monoisotopic (exact) mass is 282 g/mol. The summed E-state index contributed by atoms with van der Waals surface area (Å²) in [7, 11) is 0. The number of benzene rings is 1. The first-order chi connectivity index (χ1) is 8.66. The number of aliphatic hydroxyl groups excluding tert-OH is 1. The molecule has 1 heterocycles. The second-order valence-electron chi connectivity index (χ2n) is 4.13. The van der Waals surface area contributed by atoms with Gasteiger partial charge in [-0.1, -0.05) is 23.7 Å². The van der Waals surface area contributed by atoms with E-state index >= 15 is 0 Å². The molecule has 2 atom stereocenters. The number of nitrogens with zero attached hydrogens (tertiary/aromatic N) is 1. The Bertz CT molecular complexity index is 472. The number of hydrogen-bond donors (Lipinski definition) is 2. The maximum absolute atomic E-state index is 10.2. The van der Waals surface area contributed by atoms with Gasteiger partial charge in [-0.15, -0.1) is 11.3 Å². The van der Waals surface area contributed by atoms with Crippen LogP contribution in [0.25, 0.3) is 0 Å². The van der Waals surface area contributed by atoms with Gasteiger partial charge < -0.3 is 10.4 Å². The fourth-order valence-corrected chi connectivity index (χ4v) is 2.32. The Kier molecular flexibility index (Phi) is 4.72. The summed E-state index contributed by atoms with van der Waals surface area (Å²) in [6.07, 6.45) is 1.29. The van der Waals surface area contributed by atoms with Gasteiger partial charge in [-0.05, 0) is 24.6 Å². The van der Waals surface area contributed by atoms with Crippen molar-refractivity contribution < 1.29 is 5.11 Å². The van der Waals surface area contributed by atoms with E-state index in [2.05, 4.69) is 10.3 Å². The molecule has 0 bridgehead atoms. The fourth-order valence-electron chi connectivity index (χ4n) is 1.65. The third-order valence-corrected chi connectivity index (χ3v) is 3.80. The first-order valence-electron chi connectivity index (χ1n) is 5.71. The van der Waals surface area contributed by atoms with E-state index in [1.54, 1.807) is 29.0 Å². The number of nitrogens with one attached hydrogen (secondary N) is 1. The van der Waals surface area contributed by atoms with Crippen molar-refractivity contribution in [3.05, 3.63) is 51.4 Å². The summed E-state index contributed by atoms with van der Waals surface area (Å²) in [5.41, 5.74) is 2.67. The summed E-state index contributed by atoms with van der Waals surface area (Å²) < 4.78 is 0. The highest BCUT2D eigenvalue weighted by Crippen LogP contribution is 2.19. The van der Waals surface area contributed by atoms with Crippen molar-refractivity contribution in [3.63, 3.8) is 0 Å². The van der Waals surface area contributed by atoms with Crippen LogP contribution >= 0.6 is 22.9 Å². The summed E-state index contributed by atoms with van der Waals surface area (Å²) in [5.74, 6) is 0. The Morgan fingerprint density at radius 3 is 2.72 bits per heavy atom. The molecular formula is C13H15ClN2OS. The lowest BCUT2D eigenvalue weighted by molar-refractivity contribution is 0.135. The molecule has 1 aromatic carbocycles. The molecule has 0 aliphatic rings. The van der Waals surface area contributed by atoms with E-state index in [9.17, 15) is 5.11 Å². The van der Waals surface area contributed by atoms with Crippen molar-refractivity contribution in [2.24, 2.45) is 0 Å². The van der Waals surface area contributed by atoms with Crippen LogP contribution < -0.4 is 5.32 Å². The quantitative estimate of drug-likeness (QED) is 0.886. The minimum atomic E-state index is -0.546. The van der Waals surface area contributed by atoms with Crippen LogP contribution in [0.2, 0.25) is 5.02 Å². The molecule has 0 amide bonds. The fraction of sp³-hybridized carbons (Fsp3) is 0.308. The molecule has 0 aliphatic carbocycles. The standard InChI is InChI=1S/C13H15ClN2OS/c1-9(16-7-12-6-15-8-18-12)13(17)10-2-4-11(14)5-3-10/h2-6,8-9,13,16-17H,7H2,1H3. The van der Waals surface area contributed by atoms with Crippen LogP contribution in [0.15, 0.2) is 36.0 Å². The van der Waals surface area contributed by atoms with Gasteiger partial charge in [-0.3, -0.25) is 4.98 Å². The molecule has 0 aliphatic heterocycles. The van der Waals surface area contributed by atoms with E-state index in [0.717, 1.165) is 17.0 Å². The zero-order chi connectivity index (χ0) is 13.0. The van der Waals surface area contributed by atoms with Gasteiger partial charge in [-0.25, -0.2) is 0 Å². The topological polar surface area (TPSA) is 45.2 Å². The normalized spacial score (nSPS) is 14.4. The Balaban J connectivity index is 1.91. The zero-order valence-corrected chi connectivity index (χ0v) is 11.6. The molecule has 2 N–H and O–H groups in total. The summed E-state index contributed by atoms with van der Waals surface area (Å²) in [5, 5.41) is 14.2. The van der Waals surface area contributed by atoms with Gasteiger partial charge in [0.1, 0.15) is 0 Å². The molecule has 96 valence electrons. The van der Waals surface area contributed by atoms with Crippen LogP contribution in [0.5, 0.6) is 0 Å². The molecule has 0 saturated heterocycles. The Morgan fingerprint density at radius 1 is 1.39 bits per heavy atom. The minimum Gasteiger partial charge on any atom is -0.387 e. The number of hydrogen-bond acceptors (Lipinski definition) is 4. The lowest BCUT2D eigenvalue weighted by Crippen LogP contribution is -2.31. The first-order valence-corrected chi connectivity index (χ1v) is 6.97. The van der Waals surface area contributed by atoms with Gasteiger partial charge in [0.15, 0.2) is 0 Å². The Labute approximate surface area is 115 Å². The minimum absolute atomic E-state index is 0.0340. The summed E-state index contributed by atoms with van der Waals surface area (Å²) in [6, 6.07) is 7.23.